The van der Waals surface area contributed by atoms with Crippen LogP contribution in [0.3, 0.4) is 0 Å². The zero-order valence-electron chi connectivity index (χ0n) is 18.7. The van der Waals surface area contributed by atoms with Crippen LogP contribution < -0.4 is 0 Å². The van der Waals surface area contributed by atoms with Crippen molar-refractivity contribution >= 4 is 21.8 Å². The number of fused-ring (bicyclic) bond motifs is 3. The minimum Gasteiger partial charge on any atom is -0.415 e. The minimum atomic E-state index is 0.341. The van der Waals surface area contributed by atoms with E-state index in [0.29, 0.717) is 46.0 Å². The first-order chi connectivity index (χ1) is 17.8. The Labute approximate surface area is 204 Å². The number of benzene rings is 3. The Bertz CT molecular complexity index is 1710. The lowest BCUT2D eigenvalue weighted by Crippen LogP contribution is -1.91. The van der Waals surface area contributed by atoms with E-state index in [1.54, 1.807) is 0 Å². The molecule has 8 heteroatoms. The molecule has 0 saturated carbocycles. The zero-order valence-corrected chi connectivity index (χ0v) is 18.7. The highest BCUT2D eigenvalue weighted by Crippen LogP contribution is 2.30. The third kappa shape index (κ3) is 3.48. The van der Waals surface area contributed by atoms with Gasteiger partial charge in [0.25, 0.3) is 11.8 Å². The van der Waals surface area contributed by atoms with Crippen LogP contribution in [-0.2, 0) is 0 Å². The van der Waals surface area contributed by atoms with Gasteiger partial charge in [-0.05, 0) is 36.4 Å². The topological polar surface area (TPSA) is 104 Å². The number of aromatic nitrogens is 6. The molecule has 0 fully saturated rings. The molecule has 36 heavy (non-hydrogen) atoms. The normalized spacial score (nSPS) is 11.3. The Hall–Kier alpha value is -5.24. The standard InChI is InChI=1S/C28H16N6O2/c1-3-7-19(8-4-1)25-31-33-27(35-25)21-15-13-17-11-12-18-14-16-22(30-24(18)23(17)29-21)28-34-32-26(36-28)20-9-5-2-6-10-20/h1-16H. The molecule has 0 aliphatic rings. The lowest BCUT2D eigenvalue weighted by atomic mass is 10.1. The number of nitrogens with zero attached hydrogens (tertiary/aromatic N) is 6. The van der Waals surface area contributed by atoms with Crippen LogP contribution in [0.15, 0.2) is 106 Å². The molecule has 4 heterocycles. The molecule has 0 amide bonds. The van der Waals surface area contributed by atoms with Crippen LogP contribution in [0.25, 0.3) is 67.9 Å². The molecule has 0 radical (unpaired) electrons. The summed E-state index contributed by atoms with van der Waals surface area (Å²) in [6.45, 7) is 0. The number of rotatable bonds is 4. The predicted molar refractivity (Wildman–Crippen MR) is 134 cm³/mol. The van der Waals surface area contributed by atoms with Crippen molar-refractivity contribution in [3.63, 3.8) is 0 Å². The van der Waals surface area contributed by atoms with Gasteiger partial charge in [0.05, 0.1) is 11.0 Å². The average Bonchev–Trinajstić information content (AvgIpc) is 3.64. The highest BCUT2D eigenvalue weighted by molar-refractivity contribution is 6.03. The fourth-order valence-corrected chi connectivity index (χ4v) is 4.05. The minimum absolute atomic E-state index is 0.341. The maximum atomic E-state index is 5.92. The van der Waals surface area contributed by atoms with Crippen molar-refractivity contribution in [3.8, 4) is 46.1 Å². The molecule has 0 aliphatic heterocycles. The second-order valence-corrected chi connectivity index (χ2v) is 8.16. The molecule has 7 aromatic rings. The maximum Gasteiger partial charge on any atom is 0.266 e. The molecule has 0 unspecified atom stereocenters. The van der Waals surface area contributed by atoms with Crippen LogP contribution in [-0.4, -0.2) is 30.4 Å². The van der Waals surface area contributed by atoms with Crippen molar-refractivity contribution < 1.29 is 8.83 Å². The van der Waals surface area contributed by atoms with E-state index in [1.807, 2.05) is 97.1 Å². The van der Waals surface area contributed by atoms with E-state index in [0.717, 1.165) is 21.9 Å². The van der Waals surface area contributed by atoms with Gasteiger partial charge >= 0.3 is 0 Å². The molecular weight excluding hydrogens is 452 g/mol. The van der Waals surface area contributed by atoms with Crippen LogP contribution >= 0.6 is 0 Å². The SMILES string of the molecule is c1ccc(-c2nnc(-c3ccc4ccc5ccc(-c6nnc(-c7ccccc7)o6)nc5c4n3)o2)cc1. The Morgan fingerprint density at radius 1 is 0.389 bits per heavy atom. The Balaban J connectivity index is 1.31. The van der Waals surface area contributed by atoms with Gasteiger partial charge in [0.15, 0.2) is 0 Å². The summed E-state index contributed by atoms with van der Waals surface area (Å²) in [5.74, 6) is 1.56. The van der Waals surface area contributed by atoms with Gasteiger partial charge < -0.3 is 8.83 Å². The number of hydrogen-bond donors (Lipinski definition) is 0. The summed E-state index contributed by atoms with van der Waals surface area (Å²) in [5.41, 5.74) is 4.27. The molecule has 0 bridgehead atoms. The Kier molecular flexibility index (Phi) is 4.60. The van der Waals surface area contributed by atoms with Crippen LogP contribution in [0, 0.1) is 0 Å². The maximum absolute atomic E-state index is 5.92. The van der Waals surface area contributed by atoms with Crippen molar-refractivity contribution in [2.24, 2.45) is 0 Å². The first-order valence-corrected chi connectivity index (χ1v) is 11.3. The van der Waals surface area contributed by atoms with E-state index in [9.17, 15) is 0 Å². The molecular formula is C28H16N6O2. The van der Waals surface area contributed by atoms with Crippen LogP contribution in [0.5, 0.6) is 0 Å². The summed E-state index contributed by atoms with van der Waals surface area (Å²) in [6.07, 6.45) is 0. The average molecular weight is 468 g/mol. The third-order valence-electron chi connectivity index (χ3n) is 5.85. The van der Waals surface area contributed by atoms with Gasteiger partial charge in [0.2, 0.25) is 11.8 Å². The van der Waals surface area contributed by atoms with Crippen LogP contribution in [0.4, 0.5) is 0 Å². The van der Waals surface area contributed by atoms with E-state index in [-0.39, 0.29) is 0 Å². The van der Waals surface area contributed by atoms with E-state index < -0.39 is 0 Å². The van der Waals surface area contributed by atoms with Crippen molar-refractivity contribution in [1.82, 2.24) is 30.4 Å². The highest BCUT2D eigenvalue weighted by atomic mass is 16.4. The van der Waals surface area contributed by atoms with E-state index >= 15 is 0 Å². The zero-order chi connectivity index (χ0) is 23.9. The highest BCUT2D eigenvalue weighted by Gasteiger charge is 2.16. The number of pyridine rings is 2. The van der Waals surface area contributed by atoms with Gasteiger partial charge in [-0.15, -0.1) is 20.4 Å². The molecule has 8 nitrogen and oxygen atoms in total. The summed E-state index contributed by atoms with van der Waals surface area (Å²) in [7, 11) is 0. The van der Waals surface area contributed by atoms with Gasteiger partial charge in [-0.1, -0.05) is 60.7 Å². The second kappa shape index (κ2) is 8.21. The van der Waals surface area contributed by atoms with Crippen LogP contribution in [0.2, 0.25) is 0 Å². The first kappa shape index (κ1) is 20.2. The second-order valence-electron chi connectivity index (χ2n) is 8.16. The molecule has 3 aromatic carbocycles. The van der Waals surface area contributed by atoms with Crippen molar-refractivity contribution in [3.05, 3.63) is 97.1 Å². The smallest absolute Gasteiger partial charge is 0.266 e. The summed E-state index contributed by atoms with van der Waals surface area (Å²) in [6, 6.07) is 31.0. The molecule has 170 valence electrons. The van der Waals surface area contributed by atoms with Gasteiger partial charge in [0, 0.05) is 21.9 Å². The van der Waals surface area contributed by atoms with Crippen molar-refractivity contribution in [2.45, 2.75) is 0 Å². The van der Waals surface area contributed by atoms with E-state index in [2.05, 4.69) is 20.4 Å². The summed E-state index contributed by atoms with van der Waals surface area (Å²) >= 11 is 0. The molecule has 0 aliphatic carbocycles. The van der Waals surface area contributed by atoms with Crippen LogP contribution in [0.1, 0.15) is 0 Å². The first-order valence-electron chi connectivity index (χ1n) is 11.3. The number of hydrogen-bond acceptors (Lipinski definition) is 8. The molecule has 4 aromatic heterocycles. The van der Waals surface area contributed by atoms with E-state index in [4.69, 9.17) is 18.8 Å². The quantitative estimate of drug-likeness (QED) is 0.281. The molecule has 0 atom stereocenters. The van der Waals surface area contributed by atoms with Gasteiger partial charge in [0.1, 0.15) is 11.4 Å². The summed E-state index contributed by atoms with van der Waals surface area (Å²) < 4.78 is 11.8. The Morgan fingerprint density at radius 2 is 0.778 bits per heavy atom. The van der Waals surface area contributed by atoms with Gasteiger partial charge in [-0.25, -0.2) is 9.97 Å². The monoisotopic (exact) mass is 468 g/mol. The van der Waals surface area contributed by atoms with Crippen molar-refractivity contribution in [1.29, 1.82) is 0 Å². The fraction of sp³-hybridized carbons (Fsp3) is 0. The van der Waals surface area contributed by atoms with Gasteiger partial charge in [-0.2, -0.15) is 0 Å². The third-order valence-corrected chi connectivity index (χ3v) is 5.85. The van der Waals surface area contributed by atoms with Gasteiger partial charge in [-0.3, -0.25) is 0 Å². The lowest BCUT2D eigenvalue weighted by molar-refractivity contribution is 0.582. The predicted octanol–water partition coefficient (Wildman–Crippen LogP) is 6.22. The largest absolute Gasteiger partial charge is 0.415 e. The summed E-state index contributed by atoms with van der Waals surface area (Å²) in [4.78, 5) is 9.69. The molecule has 7 rings (SSSR count). The molecule has 0 saturated heterocycles. The molecule has 0 N–H and O–H groups in total. The van der Waals surface area contributed by atoms with Crippen molar-refractivity contribution in [2.75, 3.05) is 0 Å². The summed E-state index contributed by atoms with van der Waals surface area (Å²) in [5, 5.41) is 18.7. The molecule has 0 spiro atoms. The lowest BCUT2D eigenvalue weighted by Gasteiger charge is -2.05. The fourth-order valence-electron chi connectivity index (χ4n) is 4.05. The van der Waals surface area contributed by atoms with E-state index in [1.165, 1.54) is 0 Å². The Morgan fingerprint density at radius 3 is 1.22 bits per heavy atom.